The fraction of sp³-hybridized carbons (Fsp3) is 0.0769. The molecule has 0 spiro atoms. The molecule has 0 N–H and O–H groups in total. The van der Waals surface area contributed by atoms with Crippen LogP contribution in [0.25, 0.3) is 6.08 Å². The number of para-hydroxylation sites is 1. The maximum Gasteiger partial charge on any atom is 0.186 e. The number of allylic oxidation sites excluding steroid dienone is 2. The van der Waals surface area contributed by atoms with E-state index >= 15 is 0 Å². The summed E-state index contributed by atoms with van der Waals surface area (Å²) in [6.07, 6.45) is 7.36. The van der Waals surface area contributed by atoms with E-state index in [9.17, 15) is 9.59 Å². The van der Waals surface area contributed by atoms with E-state index in [1.165, 1.54) is 11.1 Å². The van der Waals surface area contributed by atoms with Crippen LogP contribution in [0, 0.1) is 0 Å². The summed E-state index contributed by atoms with van der Waals surface area (Å²) in [5.74, 6) is 0.921. The standard InChI is InChI=1S/C26H21NO2S/c28-19-21-7-4-5-10-24(21)25(29)17-14-20-12-15-23(16-13-20)27(26-11-6-18-30-26)22-8-2-1-3-9-22/h1-5,7-17,19H,6,18H2/b17-14+. The normalized spacial score (nSPS) is 13.3. The molecule has 30 heavy (non-hydrogen) atoms. The van der Waals surface area contributed by atoms with Crippen LogP contribution in [0.4, 0.5) is 11.4 Å². The van der Waals surface area contributed by atoms with Gasteiger partial charge in [0.2, 0.25) is 0 Å². The number of rotatable bonds is 7. The minimum atomic E-state index is -0.180. The maximum atomic E-state index is 12.5. The molecule has 3 nitrogen and oxygen atoms in total. The van der Waals surface area contributed by atoms with Gasteiger partial charge < -0.3 is 4.90 Å². The Morgan fingerprint density at radius 3 is 2.27 bits per heavy atom. The first kappa shape index (κ1) is 19.9. The second kappa shape index (κ2) is 9.42. The second-order valence-corrected chi connectivity index (χ2v) is 7.96. The molecule has 0 amide bonds. The summed E-state index contributed by atoms with van der Waals surface area (Å²) >= 11 is 1.86. The number of hydrogen-bond donors (Lipinski definition) is 0. The molecule has 0 bridgehead atoms. The number of benzene rings is 3. The molecule has 0 aromatic heterocycles. The van der Waals surface area contributed by atoms with Crippen LogP contribution in [-0.2, 0) is 0 Å². The minimum Gasteiger partial charge on any atom is -0.305 e. The Morgan fingerprint density at radius 1 is 0.867 bits per heavy atom. The zero-order chi connectivity index (χ0) is 20.8. The van der Waals surface area contributed by atoms with Gasteiger partial charge in [-0.05, 0) is 42.3 Å². The summed E-state index contributed by atoms with van der Waals surface area (Å²) in [4.78, 5) is 25.9. The molecule has 0 fully saturated rings. The third-order valence-corrected chi connectivity index (χ3v) is 5.94. The third kappa shape index (κ3) is 4.44. The quantitative estimate of drug-likeness (QED) is 0.252. The molecular formula is C26H21NO2S. The van der Waals surface area contributed by atoms with Crippen molar-refractivity contribution in [1.82, 2.24) is 0 Å². The summed E-state index contributed by atoms with van der Waals surface area (Å²) in [5, 5.41) is 1.24. The van der Waals surface area contributed by atoms with E-state index in [0.29, 0.717) is 17.4 Å². The average molecular weight is 412 g/mol. The Morgan fingerprint density at radius 2 is 1.57 bits per heavy atom. The van der Waals surface area contributed by atoms with Crippen molar-refractivity contribution >= 4 is 41.3 Å². The van der Waals surface area contributed by atoms with Gasteiger partial charge in [-0.25, -0.2) is 0 Å². The first-order valence-electron chi connectivity index (χ1n) is 9.81. The fourth-order valence-electron chi connectivity index (χ4n) is 3.36. The Labute approximate surface area is 180 Å². The number of thioether (sulfide) groups is 1. The minimum absolute atomic E-state index is 0.180. The second-order valence-electron chi connectivity index (χ2n) is 6.84. The van der Waals surface area contributed by atoms with Crippen molar-refractivity contribution in [2.45, 2.75) is 6.42 Å². The zero-order valence-electron chi connectivity index (χ0n) is 16.4. The predicted octanol–water partition coefficient (Wildman–Crippen LogP) is 6.51. The van der Waals surface area contributed by atoms with Gasteiger partial charge in [0.1, 0.15) is 0 Å². The van der Waals surface area contributed by atoms with Crippen LogP contribution >= 0.6 is 11.8 Å². The lowest BCUT2D eigenvalue weighted by molar-refractivity contribution is 0.103. The Balaban J connectivity index is 1.56. The van der Waals surface area contributed by atoms with Crippen molar-refractivity contribution in [2.24, 2.45) is 0 Å². The highest BCUT2D eigenvalue weighted by Gasteiger charge is 2.17. The van der Waals surface area contributed by atoms with Gasteiger partial charge in [0, 0.05) is 28.3 Å². The number of anilines is 2. The van der Waals surface area contributed by atoms with Crippen molar-refractivity contribution in [3.05, 3.63) is 113 Å². The number of ketones is 1. The summed E-state index contributed by atoms with van der Waals surface area (Å²) in [5.41, 5.74) is 3.96. The molecule has 1 heterocycles. The fourth-order valence-corrected chi connectivity index (χ4v) is 4.38. The van der Waals surface area contributed by atoms with Gasteiger partial charge in [0.05, 0.1) is 5.03 Å². The molecule has 4 rings (SSSR count). The number of hydrogen-bond acceptors (Lipinski definition) is 4. The summed E-state index contributed by atoms with van der Waals surface area (Å²) in [7, 11) is 0. The van der Waals surface area contributed by atoms with Gasteiger partial charge in [-0.1, -0.05) is 66.7 Å². The number of aldehydes is 1. The van der Waals surface area contributed by atoms with Gasteiger partial charge in [0.25, 0.3) is 0 Å². The van der Waals surface area contributed by atoms with Crippen LogP contribution in [0.15, 0.2) is 96.0 Å². The molecule has 0 saturated carbocycles. The van der Waals surface area contributed by atoms with Crippen LogP contribution in [0.1, 0.15) is 32.7 Å². The van der Waals surface area contributed by atoms with E-state index in [-0.39, 0.29) is 5.78 Å². The first-order valence-corrected chi connectivity index (χ1v) is 10.8. The van der Waals surface area contributed by atoms with E-state index in [1.54, 1.807) is 30.3 Å². The van der Waals surface area contributed by atoms with Crippen molar-refractivity contribution in [1.29, 1.82) is 0 Å². The largest absolute Gasteiger partial charge is 0.305 e. The van der Waals surface area contributed by atoms with Gasteiger partial charge in [-0.3, -0.25) is 9.59 Å². The average Bonchev–Trinajstić information content (AvgIpc) is 3.33. The lowest BCUT2D eigenvalue weighted by Gasteiger charge is -2.25. The molecule has 148 valence electrons. The van der Waals surface area contributed by atoms with Crippen molar-refractivity contribution < 1.29 is 9.59 Å². The van der Waals surface area contributed by atoms with E-state index in [1.807, 2.05) is 42.1 Å². The van der Waals surface area contributed by atoms with Crippen LogP contribution < -0.4 is 4.90 Å². The highest BCUT2D eigenvalue weighted by Crippen LogP contribution is 2.38. The van der Waals surface area contributed by atoms with Crippen molar-refractivity contribution in [3.8, 4) is 0 Å². The lowest BCUT2D eigenvalue weighted by atomic mass is 10.0. The summed E-state index contributed by atoms with van der Waals surface area (Å²) < 4.78 is 0. The summed E-state index contributed by atoms with van der Waals surface area (Å²) in [6, 6.07) is 25.3. The highest BCUT2D eigenvalue weighted by molar-refractivity contribution is 8.03. The highest BCUT2D eigenvalue weighted by atomic mass is 32.2. The van der Waals surface area contributed by atoms with E-state index in [4.69, 9.17) is 0 Å². The number of nitrogens with zero attached hydrogens (tertiary/aromatic N) is 1. The van der Waals surface area contributed by atoms with Gasteiger partial charge >= 0.3 is 0 Å². The molecule has 0 aliphatic carbocycles. The van der Waals surface area contributed by atoms with E-state index in [2.05, 4.69) is 35.2 Å². The Kier molecular flexibility index (Phi) is 6.26. The Bertz CT molecular complexity index is 1100. The zero-order valence-corrected chi connectivity index (χ0v) is 17.2. The first-order chi connectivity index (χ1) is 14.8. The van der Waals surface area contributed by atoms with Crippen molar-refractivity contribution in [2.75, 3.05) is 10.7 Å². The summed E-state index contributed by atoms with van der Waals surface area (Å²) in [6.45, 7) is 0. The van der Waals surface area contributed by atoms with E-state index in [0.717, 1.165) is 29.1 Å². The molecule has 4 heteroatoms. The van der Waals surface area contributed by atoms with Gasteiger partial charge in [0.15, 0.2) is 12.1 Å². The Hall–Kier alpha value is -3.37. The van der Waals surface area contributed by atoms with E-state index < -0.39 is 0 Å². The van der Waals surface area contributed by atoms with Crippen molar-refractivity contribution in [3.63, 3.8) is 0 Å². The van der Waals surface area contributed by atoms with Crippen LogP contribution in [0.3, 0.4) is 0 Å². The van der Waals surface area contributed by atoms with Crippen LogP contribution in [-0.4, -0.2) is 17.8 Å². The molecule has 0 unspecified atom stereocenters. The van der Waals surface area contributed by atoms with Crippen LogP contribution in [0.2, 0.25) is 0 Å². The molecule has 3 aromatic rings. The monoisotopic (exact) mass is 411 g/mol. The number of carbonyl (C=O) groups is 2. The topological polar surface area (TPSA) is 37.4 Å². The third-order valence-electron chi connectivity index (χ3n) is 4.85. The maximum absolute atomic E-state index is 12.5. The predicted molar refractivity (Wildman–Crippen MR) is 125 cm³/mol. The van der Waals surface area contributed by atoms with Crippen LogP contribution in [0.5, 0.6) is 0 Å². The lowest BCUT2D eigenvalue weighted by Crippen LogP contribution is -2.13. The molecule has 1 aliphatic heterocycles. The molecule has 0 radical (unpaired) electrons. The smallest absolute Gasteiger partial charge is 0.186 e. The molecular weight excluding hydrogens is 390 g/mol. The SMILES string of the molecule is O=Cc1ccccc1C(=O)/C=C/c1ccc(N(C2=CCCS2)c2ccccc2)cc1. The molecule has 3 aromatic carbocycles. The molecule has 0 atom stereocenters. The van der Waals surface area contributed by atoms with Gasteiger partial charge in [-0.2, -0.15) is 0 Å². The molecule has 1 aliphatic rings. The van der Waals surface area contributed by atoms with Gasteiger partial charge in [-0.15, -0.1) is 11.8 Å². The molecule has 0 saturated heterocycles. The number of carbonyl (C=O) groups excluding carboxylic acids is 2.